The van der Waals surface area contributed by atoms with Crippen molar-refractivity contribution in [2.75, 3.05) is 20.0 Å². The largest absolute Gasteiger partial charge is 0.383 e. The Labute approximate surface area is 161 Å². The number of hydrogen-bond donors (Lipinski definition) is 0. The highest BCUT2D eigenvalue weighted by Crippen LogP contribution is 2.22. The second kappa shape index (κ2) is 8.20. The van der Waals surface area contributed by atoms with E-state index in [2.05, 4.69) is 35.5 Å². The summed E-state index contributed by atoms with van der Waals surface area (Å²) in [6.07, 6.45) is 2.01. The van der Waals surface area contributed by atoms with Crippen molar-refractivity contribution in [3.63, 3.8) is 0 Å². The van der Waals surface area contributed by atoms with Crippen molar-refractivity contribution < 1.29 is 9.53 Å². The number of hydrogen-bond acceptors (Lipinski definition) is 4. The van der Waals surface area contributed by atoms with Crippen LogP contribution in [0.1, 0.15) is 21.5 Å². The lowest BCUT2D eigenvalue weighted by Gasteiger charge is -2.06. The SMILES string of the molecule is COCCn1c(=NC(=O)c2ccc(SC)cc2)sc2cc(C)c(C)cc21. The Morgan fingerprint density at radius 2 is 1.88 bits per heavy atom. The summed E-state index contributed by atoms with van der Waals surface area (Å²) in [5, 5.41) is 0. The zero-order valence-electron chi connectivity index (χ0n) is 15.4. The molecule has 3 aromatic rings. The zero-order chi connectivity index (χ0) is 18.7. The molecule has 0 spiro atoms. The summed E-state index contributed by atoms with van der Waals surface area (Å²) >= 11 is 3.20. The van der Waals surface area contributed by atoms with Gasteiger partial charge < -0.3 is 9.30 Å². The second-order valence-corrected chi connectivity index (χ2v) is 7.97. The van der Waals surface area contributed by atoms with Gasteiger partial charge in [0.05, 0.1) is 16.8 Å². The molecule has 0 atom stereocenters. The lowest BCUT2D eigenvalue weighted by molar-refractivity contribution is 0.0997. The molecular weight excluding hydrogens is 364 g/mol. The van der Waals surface area contributed by atoms with Gasteiger partial charge >= 0.3 is 0 Å². The number of aromatic nitrogens is 1. The molecule has 0 N–H and O–H groups in total. The average molecular weight is 387 g/mol. The van der Waals surface area contributed by atoms with Crippen LogP contribution in [0.25, 0.3) is 10.2 Å². The smallest absolute Gasteiger partial charge is 0.279 e. The zero-order valence-corrected chi connectivity index (χ0v) is 17.0. The molecule has 0 unspecified atom stereocenters. The number of methoxy groups -OCH3 is 1. The van der Waals surface area contributed by atoms with E-state index in [9.17, 15) is 4.79 Å². The molecule has 1 aromatic heterocycles. The normalized spacial score (nSPS) is 12.1. The van der Waals surface area contributed by atoms with Crippen LogP contribution >= 0.6 is 23.1 Å². The maximum absolute atomic E-state index is 12.6. The first-order valence-electron chi connectivity index (χ1n) is 8.36. The number of ether oxygens (including phenoxy) is 1. The monoisotopic (exact) mass is 386 g/mol. The van der Waals surface area contributed by atoms with Crippen LogP contribution in [0.4, 0.5) is 0 Å². The number of carbonyl (C=O) groups is 1. The van der Waals surface area contributed by atoms with Gasteiger partial charge in [-0.05, 0) is 67.6 Å². The van der Waals surface area contributed by atoms with Gasteiger partial charge in [0.25, 0.3) is 5.91 Å². The fraction of sp³-hybridized carbons (Fsp3) is 0.300. The van der Waals surface area contributed by atoms with Crippen molar-refractivity contribution in [3.8, 4) is 0 Å². The predicted molar refractivity (Wildman–Crippen MR) is 109 cm³/mol. The first kappa shape index (κ1) is 18.9. The summed E-state index contributed by atoms with van der Waals surface area (Å²) < 4.78 is 8.45. The van der Waals surface area contributed by atoms with Crippen molar-refractivity contribution in [2.45, 2.75) is 25.3 Å². The molecule has 6 heteroatoms. The van der Waals surface area contributed by atoms with Crippen LogP contribution in [0.2, 0.25) is 0 Å². The third-order valence-corrected chi connectivity index (χ3v) is 6.14. The standard InChI is InChI=1S/C20H22N2O2S2/c1-13-11-17-18(12-14(13)2)26-20(22(17)9-10-24-3)21-19(23)15-5-7-16(25-4)8-6-15/h5-8,11-12H,9-10H2,1-4H3. The summed E-state index contributed by atoms with van der Waals surface area (Å²) in [7, 11) is 1.68. The van der Waals surface area contributed by atoms with E-state index < -0.39 is 0 Å². The fourth-order valence-corrected chi connectivity index (χ4v) is 4.23. The van der Waals surface area contributed by atoms with Crippen LogP contribution < -0.4 is 4.80 Å². The highest BCUT2D eigenvalue weighted by atomic mass is 32.2. The van der Waals surface area contributed by atoms with Gasteiger partial charge in [-0.25, -0.2) is 0 Å². The average Bonchev–Trinajstić information content (AvgIpc) is 2.96. The van der Waals surface area contributed by atoms with Crippen molar-refractivity contribution in [2.24, 2.45) is 4.99 Å². The third kappa shape index (κ3) is 3.92. The molecule has 0 saturated heterocycles. The highest BCUT2D eigenvalue weighted by molar-refractivity contribution is 7.98. The van der Waals surface area contributed by atoms with E-state index in [1.54, 1.807) is 30.2 Å². The topological polar surface area (TPSA) is 43.6 Å². The van der Waals surface area contributed by atoms with Gasteiger partial charge in [0.15, 0.2) is 4.80 Å². The predicted octanol–water partition coefficient (Wildman–Crippen LogP) is 4.43. The van der Waals surface area contributed by atoms with Crippen LogP contribution in [0.15, 0.2) is 46.3 Å². The Balaban J connectivity index is 2.09. The highest BCUT2D eigenvalue weighted by Gasteiger charge is 2.11. The van der Waals surface area contributed by atoms with E-state index in [4.69, 9.17) is 4.74 Å². The molecule has 1 heterocycles. The van der Waals surface area contributed by atoms with Gasteiger partial charge in [0.2, 0.25) is 0 Å². The Morgan fingerprint density at radius 1 is 1.19 bits per heavy atom. The molecule has 2 aromatic carbocycles. The summed E-state index contributed by atoms with van der Waals surface area (Å²) in [4.78, 5) is 18.9. The molecule has 0 saturated carbocycles. The number of thioether (sulfide) groups is 1. The molecule has 0 aliphatic rings. The maximum Gasteiger partial charge on any atom is 0.279 e. The minimum atomic E-state index is -0.219. The van der Waals surface area contributed by atoms with Crippen LogP contribution in [0.5, 0.6) is 0 Å². The van der Waals surface area contributed by atoms with E-state index in [0.717, 1.165) is 15.1 Å². The first-order valence-corrected chi connectivity index (χ1v) is 10.4. The van der Waals surface area contributed by atoms with Crippen LogP contribution in [-0.4, -0.2) is 30.4 Å². The molecule has 1 amide bonds. The van der Waals surface area contributed by atoms with E-state index in [1.165, 1.54) is 11.1 Å². The molecule has 4 nitrogen and oxygen atoms in total. The molecule has 3 rings (SSSR count). The molecular formula is C20H22N2O2S2. The van der Waals surface area contributed by atoms with Crippen molar-refractivity contribution in [1.29, 1.82) is 0 Å². The Bertz CT molecular complexity index is 1000. The Morgan fingerprint density at radius 3 is 2.54 bits per heavy atom. The van der Waals surface area contributed by atoms with E-state index in [0.29, 0.717) is 23.5 Å². The third-order valence-electron chi connectivity index (χ3n) is 4.35. The van der Waals surface area contributed by atoms with Crippen molar-refractivity contribution in [3.05, 3.63) is 57.9 Å². The van der Waals surface area contributed by atoms with Gasteiger partial charge in [-0.15, -0.1) is 11.8 Å². The van der Waals surface area contributed by atoms with Crippen LogP contribution in [-0.2, 0) is 11.3 Å². The van der Waals surface area contributed by atoms with Crippen molar-refractivity contribution in [1.82, 2.24) is 4.57 Å². The number of thiazole rings is 1. The molecule has 0 bridgehead atoms. The lowest BCUT2D eigenvalue weighted by atomic mass is 10.1. The van der Waals surface area contributed by atoms with Gasteiger partial charge in [0.1, 0.15) is 0 Å². The number of carbonyl (C=O) groups excluding carboxylic acids is 1. The number of aryl methyl sites for hydroxylation is 2. The number of amides is 1. The summed E-state index contributed by atoms with van der Waals surface area (Å²) in [6, 6.07) is 11.9. The summed E-state index contributed by atoms with van der Waals surface area (Å²) in [5.74, 6) is -0.219. The molecule has 26 heavy (non-hydrogen) atoms. The number of nitrogens with zero attached hydrogens (tertiary/aromatic N) is 2. The Kier molecular flexibility index (Phi) is 5.96. The first-order chi connectivity index (χ1) is 12.5. The van der Waals surface area contributed by atoms with Gasteiger partial charge in [0, 0.05) is 24.1 Å². The number of benzene rings is 2. The summed E-state index contributed by atoms with van der Waals surface area (Å²) in [6.45, 7) is 5.44. The van der Waals surface area contributed by atoms with Crippen LogP contribution in [0.3, 0.4) is 0 Å². The molecule has 0 aliphatic heterocycles. The second-order valence-electron chi connectivity index (χ2n) is 6.08. The minimum Gasteiger partial charge on any atom is -0.383 e. The number of rotatable bonds is 5. The van der Waals surface area contributed by atoms with E-state index in [-0.39, 0.29) is 5.91 Å². The van der Waals surface area contributed by atoms with Gasteiger partial charge in [-0.3, -0.25) is 4.79 Å². The van der Waals surface area contributed by atoms with E-state index >= 15 is 0 Å². The molecule has 0 aliphatic carbocycles. The molecule has 0 fully saturated rings. The van der Waals surface area contributed by atoms with Crippen molar-refractivity contribution >= 4 is 39.2 Å². The van der Waals surface area contributed by atoms with Crippen LogP contribution in [0, 0.1) is 13.8 Å². The quantitative estimate of drug-likeness (QED) is 0.609. The fourth-order valence-electron chi connectivity index (χ4n) is 2.69. The van der Waals surface area contributed by atoms with E-state index in [1.807, 2.05) is 30.5 Å². The minimum absolute atomic E-state index is 0.219. The maximum atomic E-state index is 12.6. The summed E-state index contributed by atoms with van der Waals surface area (Å²) in [5.41, 5.74) is 4.17. The molecule has 136 valence electrons. The van der Waals surface area contributed by atoms with Gasteiger partial charge in [-0.2, -0.15) is 4.99 Å². The van der Waals surface area contributed by atoms with Gasteiger partial charge in [-0.1, -0.05) is 11.3 Å². The Hall–Kier alpha value is -1.89. The molecule has 0 radical (unpaired) electrons. The lowest BCUT2D eigenvalue weighted by Crippen LogP contribution is -2.19. The number of fused-ring (bicyclic) bond motifs is 1.